The molecule has 26 heavy (non-hydrogen) atoms. The Bertz CT molecular complexity index is 717. The second kappa shape index (κ2) is 8.04. The van der Waals surface area contributed by atoms with E-state index in [1.165, 1.54) is 4.31 Å². The lowest BCUT2D eigenvalue weighted by atomic mass is 9.93. The third-order valence-corrected chi connectivity index (χ3v) is 7.21. The maximum absolute atomic E-state index is 12.6. The van der Waals surface area contributed by atoms with Gasteiger partial charge in [-0.1, -0.05) is 18.2 Å². The first-order chi connectivity index (χ1) is 12.4. The molecule has 1 aromatic rings. The summed E-state index contributed by atoms with van der Waals surface area (Å²) in [6, 6.07) is 8.37. The number of likely N-dealkylation sites (tertiary alicyclic amines) is 1. The summed E-state index contributed by atoms with van der Waals surface area (Å²) in [5.74, 6) is -0.548. The molecule has 0 bridgehead atoms. The van der Waals surface area contributed by atoms with Crippen LogP contribution in [0.3, 0.4) is 0 Å². The van der Waals surface area contributed by atoms with Crippen molar-refractivity contribution in [2.45, 2.75) is 36.3 Å². The zero-order valence-corrected chi connectivity index (χ0v) is 15.9. The van der Waals surface area contributed by atoms with Crippen LogP contribution in [0.1, 0.15) is 19.3 Å². The van der Waals surface area contributed by atoms with E-state index in [1.54, 1.807) is 30.3 Å². The van der Waals surface area contributed by atoms with Crippen LogP contribution in [-0.4, -0.2) is 74.0 Å². The van der Waals surface area contributed by atoms with Gasteiger partial charge in [-0.25, -0.2) is 8.42 Å². The molecule has 2 aliphatic heterocycles. The molecule has 0 aromatic heterocycles. The van der Waals surface area contributed by atoms with Crippen molar-refractivity contribution in [1.29, 1.82) is 0 Å². The van der Waals surface area contributed by atoms with Gasteiger partial charge >= 0.3 is 0 Å². The van der Waals surface area contributed by atoms with Gasteiger partial charge in [0.2, 0.25) is 15.9 Å². The summed E-state index contributed by atoms with van der Waals surface area (Å²) in [7, 11) is -1.53. The van der Waals surface area contributed by atoms with E-state index >= 15 is 0 Å². The first kappa shape index (κ1) is 19.3. The minimum absolute atomic E-state index is 0.0517. The Morgan fingerprint density at radius 1 is 1.12 bits per heavy atom. The molecule has 144 valence electrons. The van der Waals surface area contributed by atoms with Gasteiger partial charge in [-0.2, -0.15) is 4.31 Å². The summed E-state index contributed by atoms with van der Waals surface area (Å²) < 4.78 is 26.8. The normalized spacial score (nSPS) is 26.5. The predicted molar refractivity (Wildman–Crippen MR) is 98.0 cm³/mol. The van der Waals surface area contributed by atoms with Crippen molar-refractivity contribution >= 4 is 15.9 Å². The van der Waals surface area contributed by atoms with Gasteiger partial charge in [0, 0.05) is 32.2 Å². The molecule has 2 N–H and O–H groups in total. The van der Waals surface area contributed by atoms with Crippen LogP contribution in [-0.2, 0) is 14.8 Å². The third-order valence-electron chi connectivity index (χ3n) is 5.30. The van der Waals surface area contributed by atoms with Crippen molar-refractivity contribution in [3.8, 4) is 0 Å². The number of aliphatic hydroxyl groups excluding tert-OH is 1. The molecular formula is C18H27N3O4S. The molecule has 2 atom stereocenters. The number of piperidine rings is 2. The summed E-state index contributed by atoms with van der Waals surface area (Å²) in [5.41, 5.74) is 0. The number of sulfonamides is 1. The van der Waals surface area contributed by atoms with Crippen LogP contribution in [0.2, 0.25) is 0 Å². The summed E-state index contributed by atoms with van der Waals surface area (Å²) >= 11 is 0. The highest BCUT2D eigenvalue weighted by Crippen LogP contribution is 2.22. The summed E-state index contributed by atoms with van der Waals surface area (Å²) in [6.45, 7) is 2.11. The summed E-state index contributed by atoms with van der Waals surface area (Å²) in [4.78, 5) is 14.8. The van der Waals surface area contributed by atoms with Crippen LogP contribution >= 0.6 is 0 Å². The molecule has 3 rings (SSSR count). The number of carbonyl (C=O) groups is 1. The predicted octanol–water partition coefficient (Wildman–Crippen LogP) is 0.269. The number of benzene rings is 1. The monoisotopic (exact) mass is 381 g/mol. The number of nitrogens with one attached hydrogen (secondary N) is 1. The quantitative estimate of drug-likeness (QED) is 0.781. The second-order valence-electron chi connectivity index (χ2n) is 7.22. The molecule has 7 nitrogen and oxygen atoms in total. The summed E-state index contributed by atoms with van der Waals surface area (Å²) in [5, 5.41) is 13.1. The lowest BCUT2D eigenvalue weighted by molar-refractivity contribution is -0.132. The van der Waals surface area contributed by atoms with E-state index in [2.05, 4.69) is 5.32 Å². The van der Waals surface area contributed by atoms with Crippen molar-refractivity contribution in [2.24, 2.45) is 5.92 Å². The van der Waals surface area contributed by atoms with Crippen LogP contribution in [0, 0.1) is 5.92 Å². The average Bonchev–Trinajstić information content (AvgIpc) is 2.65. The smallest absolute Gasteiger partial charge is 0.243 e. The highest BCUT2D eigenvalue weighted by atomic mass is 32.2. The molecule has 2 aliphatic rings. The van der Waals surface area contributed by atoms with Gasteiger partial charge in [-0.3, -0.25) is 4.79 Å². The molecule has 2 fully saturated rings. The van der Waals surface area contributed by atoms with E-state index in [0.717, 1.165) is 6.54 Å². The van der Waals surface area contributed by atoms with Gasteiger partial charge in [0.15, 0.2) is 0 Å². The topological polar surface area (TPSA) is 89.9 Å². The van der Waals surface area contributed by atoms with Crippen LogP contribution in [0.4, 0.5) is 0 Å². The van der Waals surface area contributed by atoms with Gasteiger partial charge in [0.1, 0.15) is 0 Å². The highest BCUT2D eigenvalue weighted by molar-refractivity contribution is 7.89. The maximum atomic E-state index is 12.6. The molecule has 0 unspecified atom stereocenters. The molecule has 0 saturated carbocycles. The van der Waals surface area contributed by atoms with Gasteiger partial charge in [0.25, 0.3) is 0 Å². The fraction of sp³-hybridized carbons (Fsp3) is 0.611. The summed E-state index contributed by atoms with van der Waals surface area (Å²) in [6.07, 6.45) is 1.15. The van der Waals surface area contributed by atoms with Gasteiger partial charge in [0.05, 0.1) is 16.9 Å². The standard InChI is InChI=1S/C18H27N3O4S/c1-20-10-9-17(22)16(13-20)18(23)19-14-7-11-21(12-8-14)26(24,25)15-5-3-2-4-6-15/h2-6,14,16-17,22H,7-13H2,1H3,(H,19,23)/t16-,17+/m1/s1. The molecule has 8 heteroatoms. The van der Waals surface area contributed by atoms with Crippen LogP contribution in [0.15, 0.2) is 35.2 Å². The van der Waals surface area contributed by atoms with Crippen molar-refractivity contribution in [3.63, 3.8) is 0 Å². The fourth-order valence-corrected chi connectivity index (χ4v) is 5.14. The molecule has 0 spiro atoms. The first-order valence-electron chi connectivity index (χ1n) is 9.10. The van der Waals surface area contributed by atoms with E-state index in [9.17, 15) is 18.3 Å². The first-order valence-corrected chi connectivity index (χ1v) is 10.5. The number of carbonyl (C=O) groups excluding carboxylic acids is 1. The molecule has 1 amide bonds. The van der Waals surface area contributed by atoms with Crippen LogP contribution in [0.25, 0.3) is 0 Å². The number of nitrogens with zero attached hydrogens (tertiary/aromatic N) is 2. The van der Waals surface area contributed by atoms with Crippen molar-refractivity contribution in [1.82, 2.24) is 14.5 Å². The minimum Gasteiger partial charge on any atom is -0.392 e. The SMILES string of the molecule is CN1CC[C@H](O)[C@H](C(=O)NC2CCN(S(=O)(=O)c3ccccc3)CC2)C1. The van der Waals surface area contributed by atoms with Crippen LogP contribution < -0.4 is 5.32 Å². The van der Waals surface area contributed by atoms with E-state index in [-0.39, 0.29) is 11.9 Å². The van der Waals surface area contributed by atoms with Crippen molar-refractivity contribution < 1.29 is 18.3 Å². The van der Waals surface area contributed by atoms with E-state index in [4.69, 9.17) is 0 Å². The number of amides is 1. The molecular weight excluding hydrogens is 354 g/mol. The Balaban J connectivity index is 1.55. The zero-order valence-electron chi connectivity index (χ0n) is 15.0. The molecule has 1 aromatic carbocycles. The molecule has 2 saturated heterocycles. The maximum Gasteiger partial charge on any atom is 0.243 e. The van der Waals surface area contributed by atoms with Crippen molar-refractivity contribution in [2.75, 3.05) is 33.2 Å². The molecule has 0 radical (unpaired) electrons. The minimum atomic E-state index is -3.48. The number of rotatable bonds is 4. The average molecular weight is 381 g/mol. The Labute approximate surface area is 155 Å². The largest absolute Gasteiger partial charge is 0.392 e. The van der Waals surface area contributed by atoms with Crippen molar-refractivity contribution in [3.05, 3.63) is 30.3 Å². The lowest BCUT2D eigenvalue weighted by Crippen LogP contribution is -2.53. The van der Waals surface area contributed by atoms with Gasteiger partial charge in [-0.15, -0.1) is 0 Å². The van der Waals surface area contributed by atoms with Crippen LogP contribution in [0.5, 0.6) is 0 Å². The van der Waals surface area contributed by atoms with Gasteiger partial charge in [-0.05, 0) is 38.4 Å². The number of hydrogen-bond donors (Lipinski definition) is 2. The Morgan fingerprint density at radius 2 is 1.77 bits per heavy atom. The third kappa shape index (κ3) is 4.25. The Kier molecular flexibility index (Phi) is 5.96. The van der Waals surface area contributed by atoms with E-state index in [0.29, 0.717) is 43.8 Å². The Hall–Kier alpha value is -1.48. The zero-order chi connectivity index (χ0) is 18.7. The van der Waals surface area contributed by atoms with E-state index in [1.807, 2.05) is 11.9 Å². The van der Waals surface area contributed by atoms with Gasteiger partial charge < -0.3 is 15.3 Å². The number of aliphatic hydroxyl groups is 1. The number of hydrogen-bond acceptors (Lipinski definition) is 5. The second-order valence-corrected chi connectivity index (χ2v) is 9.16. The molecule has 2 heterocycles. The fourth-order valence-electron chi connectivity index (χ4n) is 3.65. The molecule has 0 aliphatic carbocycles. The highest BCUT2D eigenvalue weighted by Gasteiger charge is 2.34. The lowest BCUT2D eigenvalue weighted by Gasteiger charge is -2.36. The van der Waals surface area contributed by atoms with E-state index < -0.39 is 22.0 Å². The Morgan fingerprint density at radius 3 is 2.42 bits per heavy atom.